The number of rotatable bonds is 5. The van der Waals surface area contributed by atoms with Crippen LogP contribution in [-0.4, -0.2) is 21.7 Å². The summed E-state index contributed by atoms with van der Waals surface area (Å²) in [5.74, 6) is -0.0921. The van der Waals surface area contributed by atoms with Gasteiger partial charge in [0, 0.05) is 6.04 Å². The van der Waals surface area contributed by atoms with Crippen LogP contribution in [0.2, 0.25) is 0 Å². The van der Waals surface area contributed by atoms with Crippen molar-refractivity contribution in [2.45, 2.75) is 40.2 Å². The first kappa shape index (κ1) is 17.4. The molecule has 2 aromatic heterocycles. The minimum atomic E-state index is -0.0921. The number of amides is 1. The first-order valence-electron chi connectivity index (χ1n) is 8.52. The van der Waals surface area contributed by atoms with Crippen LogP contribution in [-0.2, 0) is 0 Å². The van der Waals surface area contributed by atoms with Crippen LogP contribution in [0.5, 0.6) is 0 Å². The van der Waals surface area contributed by atoms with Gasteiger partial charge in [0.05, 0.1) is 10.6 Å². The molecule has 0 unspecified atom stereocenters. The van der Waals surface area contributed by atoms with Crippen molar-refractivity contribution < 1.29 is 4.79 Å². The highest BCUT2D eigenvalue weighted by atomic mass is 32.1. The van der Waals surface area contributed by atoms with Crippen molar-refractivity contribution >= 4 is 17.2 Å². The third-order valence-corrected chi connectivity index (χ3v) is 5.19. The molecular formula is C20H23N3OS. The van der Waals surface area contributed by atoms with Crippen LogP contribution in [0, 0.1) is 13.8 Å². The van der Waals surface area contributed by atoms with Gasteiger partial charge in [-0.1, -0.05) is 25.1 Å². The molecule has 0 spiro atoms. The third kappa shape index (κ3) is 3.66. The first-order chi connectivity index (χ1) is 12.0. The fourth-order valence-corrected chi connectivity index (χ4v) is 3.30. The number of thiophene rings is 1. The van der Waals surface area contributed by atoms with E-state index in [1.165, 1.54) is 0 Å². The molecule has 0 aliphatic heterocycles. The van der Waals surface area contributed by atoms with Crippen LogP contribution >= 0.6 is 11.3 Å². The predicted molar refractivity (Wildman–Crippen MR) is 104 cm³/mol. The van der Waals surface area contributed by atoms with Crippen molar-refractivity contribution in [2.75, 3.05) is 0 Å². The number of hydrogen-bond acceptors (Lipinski definition) is 3. The Kier molecular flexibility index (Phi) is 5.04. The van der Waals surface area contributed by atoms with E-state index in [2.05, 4.69) is 30.4 Å². The van der Waals surface area contributed by atoms with Gasteiger partial charge in [-0.3, -0.25) is 4.79 Å². The van der Waals surface area contributed by atoms with Crippen molar-refractivity contribution in [3.8, 4) is 16.3 Å². The van der Waals surface area contributed by atoms with Crippen molar-refractivity contribution in [1.82, 2.24) is 15.1 Å². The molecule has 0 fully saturated rings. The highest BCUT2D eigenvalue weighted by Crippen LogP contribution is 2.27. The smallest absolute Gasteiger partial charge is 0.270 e. The topological polar surface area (TPSA) is 46.9 Å². The van der Waals surface area contributed by atoms with Crippen molar-refractivity contribution in [2.24, 2.45) is 0 Å². The largest absolute Gasteiger partial charge is 0.348 e. The number of aryl methyl sites for hydroxylation is 2. The number of carbonyl (C=O) groups excluding carboxylic acids is 1. The number of hydrogen-bond donors (Lipinski definition) is 1. The van der Waals surface area contributed by atoms with Crippen LogP contribution in [0.1, 0.15) is 41.9 Å². The van der Waals surface area contributed by atoms with Crippen LogP contribution in [0.3, 0.4) is 0 Å². The quantitative estimate of drug-likeness (QED) is 0.720. The van der Waals surface area contributed by atoms with Crippen molar-refractivity contribution in [3.05, 3.63) is 58.6 Å². The van der Waals surface area contributed by atoms with Gasteiger partial charge in [-0.15, -0.1) is 11.3 Å². The lowest BCUT2D eigenvalue weighted by Crippen LogP contribution is -2.33. The minimum Gasteiger partial charge on any atom is -0.348 e. The normalized spacial score (nSPS) is 12.2. The highest BCUT2D eigenvalue weighted by Gasteiger charge is 2.20. The molecule has 1 N–H and O–H groups in total. The Morgan fingerprint density at radius 2 is 2.08 bits per heavy atom. The molecule has 4 nitrogen and oxygen atoms in total. The summed E-state index contributed by atoms with van der Waals surface area (Å²) in [7, 11) is 0. The van der Waals surface area contributed by atoms with Gasteiger partial charge < -0.3 is 5.32 Å². The maximum atomic E-state index is 12.8. The van der Waals surface area contributed by atoms with Crippen LogP contribution in [0.4, 0.5) is 0 Å². The van der Waals surface area contributed by atoms with E-state index in [1.807, 2.05) is 44.4 Å². The summed E-state index contributed by atoms with van der Waals surface area (Å²) in [5.41, 5.74) is 4.56. The third-order valence-electron chi connectivity index (χ3n) is 4.30. The van der Waals surface area contributed by atoms with Crippen LogP contribution in [0.15, 0.2) is 41.8 Å². The van der Waals surface area contributed by atoms with Gasteiger partial charge in [0.1, 0.15) is 11.4 Å². The number of benzene rings is 1. The Bertz CT molecular complexity index is 880. The monoisotopic (exact) mass is 353 g/mol. The second-order valence-corrected chi connectivity index (χ2v) is 7.32. The molecule has 0 saturated carbocycles. The van der Waals surface area contributed by atoms with E-state index in [0.717, 1.165) is 33.8 Å². The van der Waals surface area contributed by atoms with Crippen molar-refractivity contribution in [1.29, 1.82) is 0 Å². The van der Waals surface area contributed by atoms with E-state index >= 15 is 0 Å². The van der Waals surface area contributed by atoms with E-state index in [1.54, 1.807) is 16.0 Å². The Morgan fingerprint density at radius 1 is 1.28 bits per heavy atom. The molecule has 0 aliphatic rings. The summed E-state index contributed by atoms with van der Waals surface area (Å²) >= 11 is 1.62. The summed E-state index contributed by atoms with van der Waals surface area (Å²) in [6.45, 7) is 8.16. The molecule has 130 valence electrons. The van der Waals surface area contributed by atoms with E-state index in [-0.39, 0.29) is 11.9 Å². The summed E-state index contributed by atoms with van der Waals surface area (Å²) in [5, 5.41) is 9.82. The zero-order chi connectivity index (χ0) is 18.0. The molecule has 1 aromatic carbocycles. The zero-order valence-electron chi connectivity index (χ0n) is 15.0. The standard InChI is InChI=1S/C20H23N3OS/c1-5-15(4)21-20(24)18-12-16(19-7-6-10-25-19)22-23(18)17-11-13(2)8-9-14(17)3/h6-12,15H,5H2,1-4H3,(H,21,24)/t15-/m1/s1. The average molecular weight is 353 g/mol. The molecule has 1 atom stereocenters. The lowest BCUT2D eigenvalue weighted by atomic mass is 10.1. The van der Waals surface area contributed by atoms with Crippen molar-refractivity contribution in [3.63, 3.8) is 0 Å². The number of aromatic nitrogens is 2. The van der Waals surface area contributed by atoms with Gasteiger partial charge in [0.15, 0.2) is 0 Å². The highest BCUT2D eigenvalue weighted by molar-refractivity contribution is 7.13. The first-order valence-corrected chi connectivity index (χ1v) is 9.40. The summed E-state index contributed by atoms with van der Waals surface area (Å²) < 4.78 is 1.77. The Balaban J connectivity index is 2.12. The maximum Gasteiger partial charge on any atom is 0.270 e. The number of nitrogens with one attached hydrogen (secondary N) is 1. The van der Waals surface area contributed by atoms with Gasteiger partial charge in [-0.25, -0.2) is 4.68 Å². The Hall–Kier alpha value is -2.40. The predicted octanol–water partition coefficient (Wildman–Crippen LogP) is 4.75. The van der Waals surface area contributed by atoms with E-state index in [4.69, 9.17) is 5.10 Å². The second-order valence-electron chi connectivity index (χ2n) is 6.38. The zero-order valence-corrected chi connectivity index (χ0v) is 15.9. The Labute approximate surface area is 152 Å². The lowest BCUT2D eigenvalue weighted by Gasteiger charge is -2.14. The minimum absolute atomic E-state index is 0.0921. The molecule has 25 heavy (non-hydrogen) atoms. The summed E-state index contributed by atoms with van der Waals surface area (Å²) in [6.07, 6.45) is 0.890. The maximum absolute atomic E-state index is 12.8. The molecule has 1 amide bonds. The van der Waals surface area contributed by atoms with Gasteiger partial charge in [0.25, 0.3) is 5.91 Å². The molecule has 3 rings (SSSR count). The SMILES string of the molecule is CC[C@@H](C)NC(=O)c1cc(-c2cccs2)nn1-c1cc(C)ccc1C. The van der Waals surface area contributed by atoms with E-state index in [9.17, 15) is 4.79 Å². The second kappa shape index (κ2) is 7.23. The molecule has 0 aliphatic carbocycles. The molecular weight excluding hydrogens is 330 g/mol. The van der Waals surface area contributed by atoms with E-state index in [0.29, 0.717) is 5.69 Å². The van der Waals surface area contributed by atoms with Crippen LogP contribution < -0.4 is 5.32 Å². The average Bonchev–Trinajstić information content (AvgIpc) is 3.25. The molecule has 3 aromatic rings. The lowest BCUT2D eigenvalue weighted by molar-refractivity contribution is 0.0931. The van der Waals surface area contributed by atoms with Gasteiger partial charge in [0.2, 0.25) is 0 Å². The van der Waals surface area contributed by atoms with Crippen LogP contribution in [0.25, 0.3) is 16.3 Å². The fraction of sp³-hybridized carbons (Fsp3) is 0.300. The van der Waals surface area contributed by atoms with Gasteiger partial charge in [-0.2, -0.15) is 5.10 Å². The molecule has 0 radical (unpaired) electrons. The van der Waals surface area contributed by atoms with Gasteiger partial charge >= 0.3 is 0 Å². The molecule has 2 heterocycles. The fourth-order valence-electron chi connectivity index (χ4n) is 2.62. The number of carbonyl (C=O) groups is 1. The van der Waals surface area contributed by atoms with E-state index < -0.39 is 0 Å². The molecule has 0 saturated heterocycles. The van der Waals surface area contributed by atoms with Gasteiger partial charge in [-0.05, 0) is 61.9 Å². The Morgan fingerprint density at radius 3 is 2.76 bits per heavy atom. The number of nitrogens with zero attached hydrogens (tertiary/aromatic N) is 2. The molecule has 0 bridgehead atoms. The summed E-state index contributed by atoms with van der Waals surface area (Å²) in [6, 6.07) is 12.2. The summed E-state index contributed by atoms with van der Waals surface area (Å²) in [4.78, 5) is 13.9. The molecule has 5 heteroatoms.